The summed E-state index contributed by atoms with van der Waals surface area (Å²) in [5, 5.41) is 4.73. The SMILES string of the molecule is c1ccc(-c2nc(-c3cccc(-n4c5ccccc5c5cc(N(c6ccccc6)c6ccccc6)ccc54)c3)nc(N3c4ccccc4-n4c5ccccc5c5cccc3c54)n2)cc1. The Balaban J connectivity index is 0.992. The van der Waals surface area contributed by atoms with Gasteiger partial charge in [-0.1, -0.05) is 140 Å². The molecular formula is C57H37N7. The van der Waals surface area contributed by atoms with Crippen molar-refractivity contribution in [3.8, 4) is 34.2 Å². The molecule has 7 heteroatoms. The average Bonchev–Trinajstić information content (AvgIpc) is 3.89. The summed E-state index contributed by atoms with van der Waals surface area (Å²) in [6.45, 7) is 0. The van der Waals surface area contributed by atoms with Crippen LogP contribution in [0.2, 0.25) is 0 Å². The van der Waals surface area contributed by atoms with E-state index in [1.165, 1.54) is 27.1 Å². The topological polar surface area (TPSA) is 55.0 Å². The summed E-state index contributed by atoms with van der Waals surface area (Å²) in [5.74, 6) is 1.75. The van der Waals surface area contributed by atoms with E-state index < -0.39 is 0 Å². The zero-order valence-corrected chi connectivity index (χ0v) is 34.5. The van der Waals surface area contributed by atoms with Gasteiger partial charge in [-0.3, -0.25) is 4.90 Å². The van der Waals surface area contributed by atoms with Gasteiger partial charge in [-0.05, 0) is 84.9 Å². The van der Waals surface area contributed by atoms with Crippen LogP contribution in [-0.2, 0) is 0 Å². The van der Waals surface area contributed by atoms with E-state index in [9.17, 15) is 0 Å². The Morgan fingerprint density at radius 2 is 0.859 bits per heavy atom. The molecule has 12 aromatic rings. The first kappa shape index (κ1) is 35.9. The van der Waals surface area contributed by atoms with Crippen molar-refractivity contribution < 1.29 is 0 Å². The highest BCUT2D eigenvalue weighted by Crippen LogP contribution is 2.49. The third-order valence-corrected chi connectivity index (χ3v) is 12.4. The van der Waals surface area contributed by atoms with Gasteiger partial charge in [0.25, 0.3) is 0 Å². The van der Waals surface area contributed by atoms with Crippen LogP contribution in [0.1, 0.15) is 0 Å². The predicted molar refractivity (Wildman–Crippen MR) is 262 cm³/mol. The van der Waals surface area contributed by atoms with Crippen molar-refractivity contribution in [1.82, 2.24) is 24.1 Å². The van der Waals surface area contributed by atoms with Gasteiger partial charge in [0.2, 0.25) is 5.95 Å². The Hall–Kier alpha value is -8.81. The van der Waals surface area contributed by atoms with E-state index in [1.807, 2.05) is 18.2 Å². The molecular weight excluding hydrogens is 783 g/mol. The maximum atomic E-state index is 5.38. The molecule has 7 nitrogen and oxygen atoms in total. The summed E-state index contributed by atoms with van der Waals surface area (Å²) in [6.07, 6.45) is 0. The lowest BCUT2D eigenvalue weighted by atomic mass is 10.1. The molecule has 0 saturated heterocycles. The van der Waals surface area contributed by atoms with Crippen LogP contribution < -0.4 is 9.80 Å². The molecule has 0 atom stereocenters. The van der Waals surface area contributed by atoms with Crippen molar-refractivity contribution in [2.45, 2.75) is 0 Å². The lowest BCUT2D eigenvalue weighted by Gasteiger charge is -2.31. The summed E-state index contributed by atoms with van der Waals surface area (Å²) >= 11 is 0. The molecule has 0 aliphatic carbocycles. The largest absolute Gasteiger partial charge is 0.310 e. The molecule has 0 bridgehead atoms. The molecule has 4 heterocycles. The number of para-hydroxylation sites is 7. The van der Waals surface area contributed by atoms with Crippen molar-refractivity contribution in [3.05, 3.63) is 224 Å². The Morgan fingerprint density at radius 3 is 1.59 bits per heavy atom. The number of rotatable bonds is 7. The van der Waals surface area contributed by atoms with Gasteiger partial charge < -0.3 is 14.0 Å². The van der Waals surface area contributed by atoms with Crippen LogP contribution in [0.3, 0.4) is 0 Å². The van der Waals surface area contributed by atoms with E-state index >= 15 is 0 Å². The minimum absolute atomic E-state index is 0.552. The number of hydrogen-bond donors (Lipinski definition) is 0. The van der Waals surface area contributed by atoms with E-state index in [1.54, 1.807) is 0 Å². The highest BCUT2D eigenvalue weighted by Gasteiger charge is 2.30. The van der Waals surface area contributed by atoms with Gasteiger partial charge in [0.1, 0.15) is 0 Å². The molecule has 1 aliphatic rings. The number of anilines is 6. The molecule has 0 N–H and O–H groups in total. The van der Waals surface area contributed by atoms with Crippen LogP contribution in [0.15, 0.2) is 224 Å². The Kier molecular flexibility index (Phi) is 8.08. The maximum absolute atomic E-state index is 5.38. The fourth-order valence-electron chi connectivity index (χ4n) is 9.69. The van der Waals surface area contributed by atoms with Crippen molar-refractivity contribution in [1.29, 1.82) is 0 Å². The third kappa shape index (κ3) is 5.58. The van der Waals surface area contributed by atoms with Gasteiger partial charge in [0, 0.05) is 55.4 Å². The quantitative estimate of drug-likeness (QED) is 0.160. The predicted octanol–water partition coefficient (Wildman–Crippen LogP) is 14.7. The highest BCUT2D eigenvalue weighted by molar-refractivity contribution is 6.16. The number of nitrogens with zero attached hydrogens (tertiary/aromatic N) is 7. The molecule has 0 fully saturated rings. The van der Waals surface area contributed by atoms with Crippen molar-refractivity contribution >= 4 is 78.0 Å². The van der Waals surface area contributed by atoms with Crippen molar-refractivity contribution in [2.24, 2.45) is 0 Å². The van der Waals surface area contributed by atoms with Crippen LogP contribution >= 0.6 is 0 Å². The first-order valence-corrected chi connectivity index (χ1v) is 21.5. The molecule has 0 spiro atoms. The number of hydrogen-bond acceptors (Lipinski definition) is 5. The van der Waals surface area contributed by atoms with Gasteiger partial charge in [-0.15, -0.1) is 0 Å². The Morgan fingerprint density at radius 1 is 0.328 bits per heavy atom. The third-order valence-electron chi connectivity index (χ3n) is 12.4. The second kappa shape index (κ2) is 14.4. The molecule has 0 radical (unpaired) electrons. The van der Waals surface area contributed by atoms with Crippen molar-refractivity contribution in [3.63, 3.8) is 0 Å². The Bertz CT molecular complexity index is 3700. The summed E-state index contributed by atoms with van der Waals surface area (Å²) in [4.78, 5) is 20.4. The van der Waals surface area contributed by atoms with Crippen LogP contribution in [0.4, 0.5) is 34.4 Å². The molecule has 64 heavy (non-hydrogen) atoms. The first-order valence-electron chi connectivity index (χ1n) is 21.5. The molecule has 3 aromatic heterocycles. The second-order valence-electron chi connectivity index (χ2n) is 16.1. The maximum Gasteiger partial charge on any atom is 0.238 e. The van der Waals surface area contributed by atoms with Gasteiger partial charge in [0.15, 0.2) is 11.6 Å². The van der Waals surface area contributed by atoms with E-state index in [0.29, 0.717) is 17.6 Å². The first-order chi connectivity index (χ1) is 31.8. The molecule has 9 aromatic carbocycles. The van der Waals surface area contributed by atoms with Gasteiger partial charge >= 0.3 is 0 Å². The molecule has 0 amide bonds. The van der Waals surface area contributed by atoms with Crippen LogP contribution in [0, 0.1) is 0 Å². The van der Waals surface area contributed by atoms with Crippen LogP contribution in [-0.4, -0.2) is 24.1 Å². The van der Waals surface area contributed by atoms with E-state index in [2.05, 4.69) is 225 Å². The van der Waals surface area contributed by atoms with Crippen LogP contribution in [0.25, 0.3) is 77.8 Å². The Labute approximate surface area is 369 Å². The van der Waals surface area contributed by atoms with E-state index in [-0.39, 0.29) is 0 Å². The molecule has 0 saturated carbocycles. The molecule has 13 rings (SSSR count). The van der Waals surface area contributed by atoms with Crippen molar-refractivity contribution in [2.75, 3.05) is 9.80 Å². The second-order valence-corrected chi connectivity index (χ2v) is 16.1. The summed E-state index contributed by atoms with van der Waals surface area (Å²) in [7, 11) is 0. The van der Waals surface area contributed by atoms with Gasteiger partial charge in [-0.25, -0.2) is 4.98 Å². The van der Waals surface area contributed by atoms with Crippen LogP contribution in [0.5, 0.6) is 0 Å². The molecule has 1 aliphatic heterocycles. The summed E-state index contributed by atoms with van der Waals surface area (Å²) < 4.78 is 4.74. The van der Waals surface area contributed by atoms with Gasteiger partial charge in [-0.2, -0.15) is 9.97 Å². The normalized spacial score (nSPS) is 12.0. The molecule has 300 valence electrons. The number of benzene rings is 9. The van der Waals surface area contributed by atoms with E-state index in [0.717, 1.165) is 67.5 Å². The van der Waals surface area contributed by atoms with E-state index in [4.69, 9.17) is 15.0 Å². The minimum Gasteiger partial charge on any atom is -0.310 e. The zero-order chi connectivity index (χ0) is 42.1. The highest BCUT2D eigenvalue weighted by atomic mass is 15.3. The minimum atomic E-state index is 0.552. The fourth-order valence-corrected chi connectivity index (χ4v) is 9.69. The molecule has 0 unspecified atom stereocenters. The fraction of sp³-hybridized carbons (Fsp3) is 0. The van der Waals surface area contributed by atoms with Gasteiger partial charge in [0.05, 0.1) is 39.1 Å². The summed E-state index contributed by atoms with van der Waals surface area (Å²) in [6, 6.07) is 79.0. The standard InChI is InChI=1S/C57H37N7/c1-4-18-38(19-5-1)55-58-56(60-57(59-55)64-52-32-15-14-31-51(52)63-49-30-13-10-26-44(49)46-28-17-33-53(64)54(46)63)39-20-16-25-42(36-39)62-48-29-12-11-27-45(48)47-37-43(34-35-50(47)62)61(40-21-6-2-7-22-40)41-23-8-3-9-24-41/h1-37H. The summed E-state index contributed by atoms with van der Waals surface area (Å²) in [5.41, 5.74) is 13.7. The lowest BCUT2D eigenvalue weighted by Crippen LogP contribution is -2.21. The number of aromatic nitrogens is 5. The average molecular weight is 820 g/mol. The smallest absolute Gasteiger partial charge is 0.238 e. The zero-order valence-electron chi connectivity index (χ0n) is 34.5. The number of fused-ring (bicyclic) bond motifs is 8. The lowest BCUT2D eigenvalue weighted by molar-refractivity contribution is 1.00. The monoisotopic (exact) mass is 819 g/mol.